The molecule has 1 heterocycles. The summed E-state index contributed by atoms with van der Waals surface area (Å²) in [6, 6.07) is 12.0. The molecule has 0 amide bonds. The number of rotatable bonds is 2. The quantitative estimate of drug-likeness (QED) is 0.874. The second-order valence-electron chi connectivity index (χ2n) is 4.89. The molecule has 3 rings (SSSR count). The summed E-state index contributed by atoms with van der Waals surface area (Å²) in [7, 11) is 0. The van der Waals surface area contributed by atoms with Gasteiger partial charge in [-0.05, 0) is 12.8 Å². The van der Waals surface area contributed by atoms with Crippen molar-refractivity contribution in [3.05, 3.63) is 42.1 Å². The fourth-order valence-corrected chi connectivity index (χ4v) is 2.63. The molecule has 1 aliphatic carbocycles. The Morgan fingerprint density at radius 1 is 1.00 bits per heavy atom. The Bertz CT molecular complexity index is 531. The fourth-order valence-electron chi connectivity index (χ4n) is 2.63. The highest BCUT2D eigenvalue weighted by atomic mass is 14.9. The van der Waals surface area contributed by atoms with Crippen LogP contribution in [0.1, 0.15) is 37.3 Å². The van der Waals surface area contributed by atoms with E-state index in [0.29, 0.717) is 11.7 Å². The second-order valence-corrected chi connectivity index (χ2v) is 4.89. The summed E-state index contributed by atoms with van der Waals surface area (Å²) in [6.45, 7) is 0. The normalized spacial score (nSPS) is 16.0. The Kier molecular flexibility index (Phi) is 2.97. The predicted molar refractivity (Wildman–Crippen MR) is 73.1 cm³/mol. The van der Waals surface area contributed by atoms with Gasteiger partial charge in [0.2, 0.25) is 0 Å². The van der Waals surface area contributed by atoms with Gasteiger partial charge in [0.15, 0.2) is 5.82 Å². The van der Waals surface area contributed by atoms with E-state index < -0.39 is 0 Å². The lowest BCUT2D eigenvalue weighted by Crippen LogP contribution is -2.03. The van der Waals surface area contributed by atoms with Gasteiger partial charge >= 0.3 is 0 Å². The van der Waals surface area contributed by atoms with E-state index in [0.717, 1.165) is 17.1 Å². The monoisotopic (exact) mass is 239 g/mol. The number of hydrogen-bond acceptors (Lipinski definition) is 3. The minimum Gasteiger partial charge on any atom is -0.384 e. The number of hydrogen-bond donors (Lipinski definition) is 1. The van der Waals surface area contributed by atoms with Crippen LogP contribution in [0.25, 0.3) is 11.4 Å². The molecule has 1 aromatic carbocycles. The lowest BCUT2D eigenvalue weighted by Gasteiger charge is -2.11. The summed E-state index contributed by atoms with van der Waals surface area (Å²) in [5, 5.41) is 0. The maximum absolute atomic E-state index is 5.91. The van der Waals surface area contributed by atoms with Gasteiger partial charge in [-0.3, -0.25) is 0 Å². The van der Waals surface area contributed by atoms with Gasteiger partial charge in [0.05, 0.1) is 0 Å². The first-order chi connectivity index (χ1) is 8.83. The van der Waals surface area contributed by atoms with E-state index in [-0.39, 0.29) is 0 Å². The maximum Gasteiger partial charge on any atom is 0.161 e. The molecule has 1 aromatic heterocycles. The van der Waals surface area contributed by atoms with E-state index in [4.69, 9.17) is 10.7 Å². The molecule has 1 aliphatic rings. The molecule has 0 bridgehead atoms. The molecule has 0 saturated heterocycles. The summed E-state index contributed by atoms with van der Waals surface area (Å²) >= 11 is 0. The lowest BCUT2D eigenvalue weighted by molar-refractivity contribution is 0.696. The first kappa shape index (κ1) is 11.2. The second kappa shape index (κ2) is 4.77. The highest BCUT2D eigenvalue weighted by molar-refractivity contribution is 5.56. The summed E-state index contributed by atoms with van der Waals surface area (Å²) in [5.74, 6) is 1.89. The summed E-state index contributed by atoms with van der Waals surface area (Å²) in [4.78, 5) is 9.04. The molecule has 92 valence electrons. The molecule has 3 heteroatoms. The van der Waals surface area contributed by atoms with Crippen molar-refractivity contribution < 1.29 is 0 Å². The van der Waals surface area contributed by atoms with Crippen LogP contribution < -0.4 is 5.73 Å². The van der Waals surface area contributed by atoms with Crippen LogP contribution in [0.5, 0.6) is 0 Å². The number of anilines is 1. The van der Waals surface area contributed by atoms with Crippen LogP contribution in [0.15, 0.2) is 36.4 Å². The van der Waals surface area contributed by atoms with Crippen molar-refractivity contribution in [2.75, 3.05) is 5.73 Å². The van der Waals surface area contributed by atoms with Gasteiger partial charge in [-0.2, -0.15) is 0 Å². The van der Waals surface area contributed by atoms with E-state index in [9.17, 15) is 0 Å². The molecule has 1 saturated carbocycles. The molecule has 3 nitrogen and oxygen atoms in total. The first-order valence-electron chi connectivity index (χ1n) is 6.53. The highest BCUT2D eigenvalue weighted by Gasteiger charge is 2.19. The molecule has 0 spiro atoms. The molecule has 0 atom stereocenters. The smallest absolute Gasteiger partial charge is 0.161 e. The molecule has 0 unspecified atom stereocenters. The van der Waals surface area contributed by atoms with Gasteiger partial charge in [0.25, 0.3) is 0 Å². The number of benzene rings is 1. The third-order valence-corrected chi connectivity index (χ3v) is 3.57. The lowest BCUT2D eigenvalue weighted by atomic mass is 10.0. The van der Waals surface area contributed by atoms with Crippen molar-refractivity contribution in [1.82, 2.24) is 9.97 Å². The van der Waals surface area contributed by atoms with Crippen LogP contribution in [0.3, 0.4) is 0 Å². The van der Waals surface area contributed by atoms with E-state index in [1.807, 2.05) is 36.4 Å². The zero-order chi connectivity index (χ0) is 12.4. The predicted octanol–water partition coefficient (Wildman–Crippen LogP) is 3.38. The van der Waals surface area contributed by atoms with E-state index in [2.05, 4.69) is 4.98 Å². The molecule has 0 radical (unpaired) electrons. The number of nitrogens with zero attached hydrogens (tertiary/aromatic N) is 2. The van der Waals surface area contributed by atoms with Gasteiger partial charge in [0.1, 0.15) is 5.82 Å². The summed E-state index contributed by atoms with van der Waals surface area (Å²) < 4.78 is 0. The summed E-state index contributed by atoms with van der Waals surface area (Å²) in [6.07, 6.45) is 5.06. The largest absolute Gasteiger partial charge is 0.384 e. The SMILES string of the molecule is Nc1cc(C2CCCC2)nc(-c2ccccc2)n1. The zero-order valence-corrected chi connectivity index (χ0v) is 10.3. The Balaban J connectivity index is 2.00. The van der Waals surface area contributed by atoms with Crippen LogP contribution >= 0.6 is 0 Å². The number of aromatic nitrogens is 2. The van der Waals surface area contributed by atoms with Gasteiger partial charge < -0.3 is 5.73 Å². The van der Waals surface area contributed by atoms with Crippen LogP contribution in [0.2, 0.25) is 0 Å². The van der Waals surface area contributed by atoms with Crippen LogP contribution in [0.4, 0.5) is 5.82 Å². The van der Waals surface area contributed by atoms with Gasteiger partial charge in [-0.25, -0.2) is 9.97 Å². The Morgan fingerprint density at radius 2 is 1.72 bits per heavy atom. The van der Waals surface area contributed by atoms with Crippen molar-refractivity contribution in [3.63, 3.8) is 0 Å². The Labute approximate surface area is 107 Å². The van der Waals surface area contributed by atoms with Crippen molar-refractivity contribution in [2.24, 2.45) is 0 Å². The van der Waals surface area contributed by atoms with Crippen LogP contribution in [-0.2, 0) is 0 Å². The standard InChI is InChI=1S/C15H17N3/c16-14-10-13(11-6-4-5-7-11)17-15(18-14)12-8-2-1-3-9-12/h1-3,8-11H,4-7H2,(H2,16,17,18). The minimum atomic E-state index is 0.567. The van der Waals surface area contributed by atoms with Crippen LogP contribution in [-0.4, -0.2) is 9.97 Å². The maximum atomic E-state index is 5.91. The van der Waals surface area contributed by atoms with Crippen molar-refractivity contribution in [3.8, 4) is 11.4 Å². The fraction of sp³-hybridized carbons (Fsp3) is 0.333. The van der Waals surface area contributed by atoms with Crippen molar-refractivity contribution in [1.29, 1.82) is 0 Å². The average molecular weight is 239 g/mol. The van der Waals surface area contributed by atoms with Crippen molar-refractivity contribution in [2.45, 2.75) is 31.6 Å². The van der Waals surface area contributed by atoms with Crippen molar-refractivity contribution >= 4 is 5.82 Å². The third kappa shape index (κ3) is 2.21. The molecule has 2 N–H and O–H groups in total. The molecule has 1 fully saturated rings. The zero-order valence-electron chi connectivity index (χ0n) is 10.3. The Hall–Kier alpha value is -1.90. The van der Waals surface area contributed by atoms with E-state index in [1.54, 1.807) is 0 Å². The van der Waals surface area contributed by atoms with Gasteiger partial charge in [-0.1, -0.05) is 43.2 Å². The van der Waals surface area contributed by atoms with Crippen LogP contribution in [0, 0.1) is 0 Å². The number of nitrogen functional groups attached to an aromatic ring is 1. The molecular weight excluding hydrogens is 222 g/mol. The van der Waals surface area contributed by atoms with E-state index >= 15 is 0 Å². The molecule has 2 aromatic rings. The van der Waals surface area contributed by atoms with Gasteiger partial charge in [-0.15, -0.1) is 0 Å². The average Bonchev–Trinajstić information content (AvgIpc) is 2.93. The highest BCUT2D eigenvalue weighted by Crippen LogP contribution is 2.34. The molecular formula is C15H17N3. The first-order valence-corrected chi connectivity index (χ1v) is 6.53. The van der Waals surface area contributed by atoms with E-state index in [1.165, 1.54) is 25.7 Å². The Morgan fingerprint density at radius 3 is 2.44 bits per heavy atom. The molecule has 18 heavy (non-hydrogen) atoms. The minimum absolute atomic E-state index is 0.567. The van der Waals surface area contributed by atoms with Gasteiger partial charge in [0, 0.05) is 23.2 Å². The number of nitrogens with two attached hydrogens (primary N) is 1. The third-order valence-electron chi connectivity index (χ3n) is 3.57. The summed E-state index contributed by atoms with van der Waals surface area (Å²) in [5.41, 5.74) is 8.05. The topological polar surface area (TPSA) is 51.8 Å². The molecule has 0 aliphatic heterocycles.